The van der Waals surface area contributed by atoms with E-state index in [-0.39, 0.29) is 5.75 Å². The largest absolute Gasteiger partial charge is 0.271 e. The van der Waals surface area contributed by atoms with Crippen LogP contribution >= 0.6 is 22.9 Å². The molecule has 0 spiro atoms. The van der Waals surface area contributed by atoms with Crippen LogP contribution in [0.15, 0.2) is 40.8 Å². The van der Waals surface area contributed by atoms with E-state index >= 15 is 0 Å². The van der Waals surface area contributed by atoms with E-state index in [1.165, 1.54) is 22.7 Å². The second-order valence-corrected chi connectivity index (χ2v) is 8.22. The maximum Gasteiger partial charge on any atom is 0.271 e. The lowest BCUT2D eigenvalue weighted by molar-refractivity contribution is 0.0955. The average molecular weight is 370 g/mol. The molecule has 2 heterocycles. The molecule has 120 valence electrons. The normalized spacial score (nSPS) is 17.8. The molecule has 0 radical (unpaired) electrons. The molecular formula is C14H12ClN3O3S2. The fourth-order valence-corrected chi connectivity index (χ4v) is 4.51. The van der Waals surface area contributed by atoms with Crippen LogP contribution in [-0.4, -0.2) is 32.8 Å². The highest BCUT2D eigenvalue weighted by Crippen LogP contribution is 2.32. The van der Waals surface area contributed by atoms with Gasteiger partial charge in [-0.05, 0) is 35.7 Å². The van der Waals surface area contributed by atoms with E-state index in [1.54, 1.807) is 35.7 Å². The Bertz CT molecular complexity index is 888. The average Bonchev–Trinajstić information content (AvgIpc) is 2.99. The first-order chi connectivity index (χ1) is 10.9. The fourth-order valence-electron chi connectivity index (χ4n) is 2.12. The first-order valence-corrected chi connectivity index (χ1v) is 9.42. The molecule has 23 heavy (non-hydrogen) atoms. The molecule has 0 bridgehead atoms. The number of fused-ring (bicyclic) bond motifs is 1. The molecule has 0 unspecified atom stereocenters. The number of benzene rings is 1. The molecule has 9 heteroatoms. The Morgan fingerprint density at radius 1 is 1.30 bits per heavy atom. The molecule has 1 N–H and O–H groups in total. The van der Waals surface area contributed by atoms with Crippen LogP contribution in [0.2, 0.25) is 5.02 Å². The van der Waals surface area contributed by atoms with Crippen molar-refractivity contribution in [2.24, 2.45) is 5.10 Å². The second kappa shape index (κ2) is 5.95. The van der Waals surface area contributed by atoms with Gasteiger partial charge in [-0.3, -0.25) is 9.10 Å². The third kappa shape index (κ3) is 3.10. The monoisotopic (exact) mass is 369 g/mol. The van der Waals surface area contributed by atoms with Gasteiger partial charge in [-0.2, -0.15) is 5.10 Å². The van der Waals surface area contributed by atoms with E-state index in [9.17, 15) is 13.2 Å². The second-order valence-electron chi connectivity index (χ2n) is 4.87. The quantitative estimate of drug-likeness (QED) is 0.825. The highest BCUT2D eigenvalue weighted by Gasteiger charge is 2.32. The van der Waals surface area contributed by atoms with Gasteiger partial charge in [0.15, 0.2) is 0 Å². The van der Waals surface area contributed by atoms with Crippen LogP contribution in [0.1, 0.15) is 15.2 Å². The van der Waals surface area contributed by atoms with E-state index in [0.717, 1.165) is 4.88 Å². The van der Waals surface area contributed by atoms with Gasteiger partial charge in [-0.15, -0.1) is 11.3 Å². The minimum absolute atomic E-state index is 0.252. The van der Waals surface area contributed by atoms with Crippen LogP contribution in [0, 0.1) is 0 Å². The van der Waals surface area contributed by atoms with E-state index in [0.29, 0.717) is 22.0 Å². The Morgan fingerprint density at radius 2 is 2.00 bits per heavy atom. The summed E-state index contributed by atoms with van der Waals surface area (Å²) in [6.45, 7) is 0. The minimum Gasteiger partial charge on any atom is -0.271 e. The van der Waals surface area contributed by atoms with Crippen molar-refractivity contribution < 1.29 is 13.2 Å². The van der Waals surface area contributed by atoms with Crippen molar-refractivity contribution in [3.8, 4) is 0 Å². The summed E-state index contributed by atoms with van der Waals surface area (Å²) in [5.74, 6) is -0.679. The number of amides is 1. The van der Waals surface area contributed by atoms with Gasteiger partial charge in [0.25, 0.3) is 5.91 Å². The van der Waals surface area contributed by atoms with Gasteiger partial charge >= 0.3 is 0 Å². The number of hydrogen-bond donors (Lipinski definition) is 1. The molecule has 0 atom stereocenters. The van der Waals surface area contributed by atoms with Gasteiger partial charge in [-0.1, -0.05) is 11.6 Å². The van der Waals surface area contributed by atoms with Crippen molar-refractivity contribution in [3.63, 3.8) is 0 Å². The smallest absolute Gasteiger partial charge is 0.271 e. The predicted molar refractivity (Wildman–Crippen MR) is 92.0 cm³/mol. The number of anilines is 1. The summed E-state index contributed by atoms with van der Waals surface area (Å²) in [4.78, 5) is 12.8. The van der Waals surface area contributed by atoms with Crippen molar-refractivity contribution in [2.75, 3.05) is 17.1 Å². The van der Waals surface area contributed by atoms with Gasteiger partial charge in [0.2, 0.25) is 10.0 Å². The highest BCUT2D eigenvalue weighted by atomic mass is 35.5. The summed E-state index contributed by atoms with van der Waals surface area (Å²) in [6, 6.07) is 8.05. The number of nitrogens with one attached hydrogen (secondary N) is 1. The standard InChI is InChI=1S/C14H12ClN3O3S2/c1-18-12-6-7-22-13(12)11(8-23(18,20)21)16-17-14(19)9-2-4-10(15)5-3-9/h2-7H,8H2,1H3,(H,17,19)/b16-11+. The van der Waals surface area contributed by atoms with Crippen molar-refractivity contribution in [2.45, 2.75) is 0 Å². The summed E-state index contributed by atoms with van der Waals surface area (Å²) < 4.78 is 25.5. The zero-order valence-electron chi connectivity index (χ0n) is 12.0. The Morgan fingerprint density at radius 3 is 2.70 bits per heavy atom. The molecule has 2 aromatic rings. The number of carbonyl (C=O) groups excluding carboxylic acids is 1. The van der Waals surface area contributed by atoms with Gasteiger partial charge in [0.05, 0.1) is 16.3 Å². The van der Waals surface area contributed by atoms with Crippen molar-refractivity contribution in [1.29, 1.82) is 0 Å². The topological polar surface area (TPSA) is 78.8 Å². The summed E-state index contributed by atoms with van der Waals surface area (Å²) in [6.07, 6.45) is 0. The van der Waals surface area contributed by atoms with Crippen molar-refractivity contribution >= 4 is 50.3 Å². The molecule has 1 aliphatic rings. The number of hydrazone groups is 1. The van der Waals surface area contributed by atoms with E-state index < -0.39 is 15.9 Å². The van der Waals surface area contributed by atoms with Crippen molar-refractivity contribution in [3.05, 3.63) is 51.2 Å². The molecule has 0 saturated heterocycles. The first-order valence-electron chi connectivity index (χ1n) is 6.55. The maximum absolute atomic E-state index is 12.1. The summed E-state index contributed by atoms with van der Waals surface area (Å²) >= 11 is 7.16. The minimum atomic E-state index is -3.47. The molecule has 6 nitrogen and oxygen atoms in total. The summed E-state index contributed by atoms with van der Waals surface area (Å²) in [7, 11) is -1.97. The Kier molecular flexibility index (Phi) is 4.13. The lowest BCUT2D eigenvalue weighted by atomic mass is 10.2. The van der Waals surface area contributed by atoms with Gasteiger partial charge < -0.3 is 0 Å². The zero-order chi connectivity index (χ0) is 16.6. The van der Waals surface area contributed by atoms with Crippen LogP contribution in [0.3, 0.4) is 0 Å². The lowest BCUT2D eigenvalue weighted by Crippen LogP contribution is -2.38. The SMILES string of the molecule is CN1c2ccsc2/C(=N/NC(=O)c2ccc(Cl)cc2)CS1(=O)=O. The van der Waals surface area contributed by atoms with Gasteiger partial charge in [0, 0.05) is 17.6 Å². The Balaban J connectivity index is 1.87. The number of carbonyl (C=O) groups is 1. The van der Waals surface area contributed by atoms with Crippen molar-refractivity contribution in [1.82, 2.24) is 5.43 Å². The molecule has 1 aromatic carbocycles. The number of nitrogens with zero attached hydrogens (tertiary/aromatic N) is 2. The van der Waals surface area contributed by atoms with E-state index in [1.807, 2.05) is 0 Å². The maximum atomic E-state index is 12.1. The molecule has 0 aliphatic carbocycles. The molecule has 1 amide bonds. The first kappa shape index (κ1) is 16.0. The summed E-state index contributed by atoms with van der Waals surface area (Å²) in [5.41, 5.74) is 3.69. The molecule has 1 aromatic heterocycles. The highest BCUT2D eigenvalue weighted by molar-refractivity contribution is 7.93. The van der Waals surface area contributed by atoms with E-state index in [2.05, 4.69) is 10.5 Å². The molecular weight excluding hydrogens is 358 g/mol. The third-order valence-electron chi connectivity index (χ3n) is 3.38. The van der Waals surface area contributed by atoms with Crippen LogP contribution in [0.4, 0.5) is 5.69 Å². The van der Waals surface area contributed by atoms with Crippen LogP contribution in [-0.2, 0) is 10.0 Å². The van der Waals surface area contributed by atoms with Crippen LogP contribution in [0.25, 0.3) is 0 Å². The Labute approximate surface area is 142 Å². The number of sulfonamides is 1. The van der Waals surface area contributed by atoms with Gasteiger partial charge in [-0.25, -0.2) is 13.8 Å². The summed E-state index contributed by atoms with van der Waals surface area (Å²) in [5, 5.41) is 6.33. The number of rotatable bonds is 2. The van der Waals surface area contributed by atoms with Crippen LogP contribution < -0.4 is 9.73 Å². The zero-order valence-corrected chi connectivity index (χ0v) is 14.4. The van der Waals surface area contributed by atoms with Crippen LogP contribution in [0.5, 0.6) is 0 Å². The molecule has 1 aliphatic heterocycles. The molecule has 0 fully saturated rings. The van der Waals surface area contributed by atoms with Gasteiger partial charge in [0.1, 0.15) is 5.75 Å². The Hall–Kier alpha value is -1.90. The predicted octanol–water partition coefficient (Wildman–Crippen LogP) is 2.32. The number of hydrogen-bond acceptors (Lipinski definition) is 5. The molecule has 3 rings (SSSR count). The number of halogens is 1. The fraction of sp³-hybridized carbons (Fsp3) is 0.143. The third-order valence-corrected chi connectivity index (χ3v) is 6.26. The van der Waals surface area contributed by atoms with E-state index in [4.69, 9.17) is 11.6 Å². The lowest BCUT2D eigenvalue weighted by Gasteiger charge is -2.25. The molecule has 0 saturated carbocycles. The number of thiophene rings is 1.